The molecular formula is C18H38O. The van der Waals surface area contributed by atoms with E-state index < -0.39 is 0 Å². The lowest BCUT2D eigenvalue weighted by Crippen LogP contribution is -2.35. The Morgan fingerprint density at radius 3 is 1.95 bits per heavy atom. The largest absolute Gasteiger partial charge is 0.375 e. The van der Waals surface area contributed by atoms with E-state index in [0.29, 0.717) is 0 Å². The van der Waals surface area contributed by atoms with Crippen molar-refractivity contribution in [3.8, 4) is 0 Å². The van der Waals surface area contributed by atoms with Gasteiger partial charge in [0, 0.05) is 6.61 Å². The first-order chi connectivity index (χ1) is 9.08. The highest BCUT2D eigenvalue weighted by atomic mass is 16.5. The van der Waals surface area contributed by atoms with Crippen LogP contribution in [0, 0.1) is 5.92 Å². The van der Waals surface area contributed by atoms with Gasteiger partial charge < -0.3 is 4.74 Å². The van der Waals surface area contributed by atoms with Gasteiger partial charge in [0.2, 0.25) is 0 Å². The first-order valence-electron chi connectivity index (χ1n) is 8.72. The van der Waals surface area contributed by atoms with Crippen molar-refractivity contribution in [1.82, 2.24) is 0 Å². The Kier molecular flexibility index (Phi) is 11.7. The quantitative estimate of drug-likeness (QED) is 0.354. The molecule has 0 rings (SSSR count). The topological polar surface area (TPSA) is 9.23 Å². The Morgan fingerprint density at radius 1 is 0.737 bits per heavy atom. The Balaban J connectivity index is 3.96. The summed E-state index contributed by atoms with van der Waals surface area (Å²) < 4.78 is 6.09. The van der Waals surface area contributed by atoms with Crippen molar-refractivity contribution in [2.45, 2.75) is 104 Å². The average Bonchev–Trinajstić information content (AvgIpc) is 2.39. The summed E-state index contributed by atoms with van der Waals surface area (Å²) in [6.45, 7) is 12.3. The first-order valence-corrected chi connectivity index (χ1v) is 8.72. The molecule has 0 N–H and O–H groups in total. The second-order valence-corrected chi connectivity index (χ2v) is 6.49. The van der Waals surface area contributed by atoms with Gasteiger partial charge in [-0.15, -0.1) is 0 Å². The van der Waals surface area contributed by atoms with E-state index in [9.17, 15) is 0 Å². The third-order valence-corrected chi connectivity index (χ3v) is 4.20. The van der Waals surface area contributed by atoms with Crippen LogP contribution in [0.25, 0.3) is 0 Å². The molecule has 0 aromatic heterocycles. The zero-order chi connectivity index (χ0) is 14.6. The number of unbranched alkanes of at least 4 members (excludes halogenated alkanes) is 5. The fourth-order valence-electron chi connectivity index (χ4n) is 2.84. The molecule has 1 unspecified atom stereocenters. The van der Waals surface area contributed by atoms with Crippen molar-refractivity contribution >= 4 is 0 Å². The van der Waals surface area contributed by atoms with E-state index in [2.05, 4.69) is 34.6 Å². The fraction of sp³-hybridized carbons (Fsp3) is 1.00. The van der Waals surface area contributed by atoms with Crippen LogP contribution < -0.4 is 0 Å². The van der Waals surface area contributed by atoms with Gasteiger partial charge in [0.25, 0.3) is 0 Å². The Bertz CT molecular complexity index is 186. The third kappa shape index (κ3) is 9.49. The van der Waals surface area contributed by atoms with Crippen LogP contribution in [0.5, 0.6) is 0 Å². The highest BCUT2D eigenvalue weighted by molar-refractivity contribution is 4.79. The van der Waals surface area contributed by atoms with Gasteiger partial charge in [-0.25, -0.2) is 0 Å². The van der Waals surface area contributed by atoms with Crippen molar-refractivity contribution in [1.29, 1.82) is 0 Å². The minimum Gasteiger partial charge on any atom is -0.375 e. The SMILES string of the molecule is CCCCCCCCC(CCC)C(C)(C)OCCC. The maximum Gasteiger partial charge on any atom is 0.0654 e. The van der Waals surface area contributed by atoms with Crippen LogP contribution in [0.15, 0.2) is 0 Å². The summed E-state index contributed by atoms with van der Waals surface area (Å²) in [5.74, 6) is 0.732. The molecule has 19 heavy (non-hydrogen) atoms. The summed E-state index contributed by atoms with van der Waals surface area (Å²) in [7, 11) is 0. The van der Waals surface area contributed by atoms with E-state index in [4.69, 9.17) is 4.74 Å². The van der Waals surface area contributed by atoms with E-state index in [-0.39, 0.29) is 5.60 Å². The van der Waals surface area contributed by atoms with Gasteiger partial charge in [0.05, 0.1) is 5.60 Å². The molecule has 0 aromatic rings. The van der Waals surface area contributed by atoms with Gasteiger partial charge in [0.1, 0.15) is 0 Å². The lowest BCUT2D eigenvalue weighted by Gasteiger charge is -2.34. The zero-order valence-corrected chi connectivity index (χ0v) is 14.3. The van der Waals surface area contributed by atoms with Crippen molar-refractivity contribution in [3.05, 3.63) is 0 Å². The summed E-state index contributed by atoms with van der Waals surface area (Å²) in [5.41, 5.74) is 0.0649. The van der Waals surface area contributed by atoms with Gasteiger partial charge in [-0.1, -0.05) is 65.7 Å². The summed E-state index contributed by atoms with van der Waals surface area (Å²) in [6.07, 6.45) is 13.4. The minimum absolute atomic E-state index is 0.0649. The van der Waals surface area contributed by atoms with E-state index >= 15 is 0 Å². The minimum atomic E-state index is 0.0649. The molecule has 0 fully saturated rings. The average molecular weight is 271 g/mol. The van der Waals surface area contributed by atoms with Crippen LogP contribution in [0.4, 0.5) is 0 Å². The maximum atomic E-state index is 6.09. The highest BCUT2D eigenvalue weighted by Crippen LogP contribution is 2.30. The van der Waals surface area contributed by atoms with Crippen molar-refractivity contribution in [3.63, 3.8) is 0 Å². The van der Waals surface area contributed by atoms with Gasteiger partial charge in [-0.3, -0.25) is 0 Å². The van der Waals surface area contributed by atoms with E-state index in [1.807, 2.05) is 0 Å². The first kappa shape index (κ1) is 19.0. The molecule has 1 heteroatoms. The van der Waals surface area contributed by atoms with Crippen molar-refractivity contribution in [2.75, 3.05) is 6.61 Å². The van der Waals surface area contributed by atoms with Crippen molar-refractivity contribution in [2.24, 2.45) is 5.92 Å². The van der Waals surface area contributed by atoms with Gasteiger partial charge in [0.15, 0.2) is 0 Å². The fourth-order valence-corrected chi connectivity index (χ4v) is 2.84. The van der Waals surface area contributed by atoms with E-state index in [0.717, 1.165) is 18.9 Å². The third-order valence-electron chi connectivity index (χ3n) is 4.20. The summed E-state index contributed by atoms with van der Waals surface area (Å²) in [5, 5.41) is 0. The van der Waals surface area contributed by atoms with Crippen LogP contribution in [0.1, 0.15) is 98.8 Å². The normalized spacial score (nSPS) is 13.7. The van der Waals surface area contributed by atoms with Gasteiger partial charge in [-0.2, -0.15) is 0 Å². The number of hydrogen-bond donors (Lipinski definition) is 0. The van der Waals surface area contributed by atoms with E-state index in [1.54, 1.807) is 0 Å². The molecule has 0 aliphatic rings. The molecule has 0 amide bonds. The number of ether oxygens (including phenoxy) is 1. The van der Waals surface area contributed by atoms with Crippen molar-refractivity contribution < 1.29 is 4.74 Å². The van der Waals surface area contributed by atoms with Crippen LogP contribution >= 0.6 is 0 Å². The predicted octanol–water partition coefficient (Wildman–Crippen LogP) is 6.36. The molecule has 0 heterocycles. The van der Waals surface area contributed by atoms with Crippen LogP contribution in [0.3, 0.4) is 0 Å². The molecule has 0 aliphatic heterocycles. The molecule has 0 aliphatic carbocycles. The standard InChI is InChI=1S/C18H38O/c1-6-9-10-11-12-13-15-17(14-7-2)18(4,5)19-16-8-3/h17H,6-16H2,1-5H3. The lowest BCUT2D eigenvalue weighted by molar-refractivity contribution is -0.0655. The van der Waals surface area contributed by atoms with Crippen LogP contribution in [-0.2, 0) is 4.74 Å². The van der Waals surface area contributed by atoms with E-state index in [1.165, 1.54) is 57.8 Å². The smallest absolute Gasteiger partial charge is 0.0654 e. The number of hydrogen-bond acceptors (Lipinski definition) is 1. The monoisotopic (exact) mass is 270 g/mol. The summed E-state index contributed by atoms with van der Waals surface area (Å²) in [4.78, 5) is 0. The summed E-state index contributed by atoms with van der Waals surface area (Å²) >= 11 is 0. The van der Waals surface area contributed by atoms with Crippen LogP contribution in [-0.4, -0.2) is 12.2 Å². The Labute approximate surface area is 122 Å². The molecule has 0 bridgehead atoms. The summed E-state index contributed by atoms with van der Waals surface area (Å²) in [6, 6.07) is 0. The zero-order valence-electron chi connectivity index (χ0n) is 14.3. The Morgan fingerprint density at radius 2 is 1.37 bits per heavy atom. The second kappa shape index (κ2) is 11.8. The highest BCUT2D eigenvalue weighted by Gasteiger charge is 2.28. The Hall–Kier alpha value is -0.0400. The second-order valence-electron chi connectivity index (χ2n) is 6.49. The molecule has 0 aromatic carbocycles. The molecule has 116 valence electrons. The molecule has 0 spiro atoms. The molecule has 0 saturated carbocycles. The molecular weight excluding hydrogens is 232 g/mol. The maximum absolute atomic E-state index is 6.09. The predicted molar refractivity (Wildman–Crippen MR) is 86.7 cm³/mol. The van der Waals surface area contributed by atoms with Gasteiger partial charge >= 0.3 is 0 Å². The molecule has 1 nitrogen and oxygen atoms in total. The van der Waals surface area contributed by atoms with Crippen LogP contribution in [0.2, 0.25) is 0 Å². The van der Waals surface area contributed by atoms with Gasteiger partial charge in [-0.05, 0) is 39.0 Å². The number of rotatable bonds is 13. The molecule has 1 atom stereocenters. The molecule has 0 radical (unpaired) electrons. The lowest BCUT2D eigenvalue weighted by atomic mass is 9.83. The molecule has 0 saturated heterocycles.